The highest BCUT2D eigenvalue weighted by atomic mass is 32.1. The van der Waals surface area contributed by atoms with Crippen molar-refractivity contribution in [2.75, 3.05) is 13.1 Å². The Kier molecular flexibility index (Phi) is 3.84. The summed E-state index contributed by atoms with van der Waals surface area (Å²) in [5.41, 5.74) is 3.07. The molecule has 3 atom stereocenters. The van der Waals surface area contributed by atoms with Gasteiger partial charge in [-0.05, 0) is 18.4 Å². The van der Waals surface area contributed by atoms with E-state index in [1.54, 1.807) is 17.1 Å². The molecule has 1 fully saturated rings. The standard InChI is InChI=1S/C16H19N5O2S/c1-10-4-13(10)16(23)20-6-11-2-3-19-21(11)12(7-20)5-17-15(22)14-8-24-9-18-14/h2-3,8-10,12-13H,4-7H2,1H3,(H,17,22)/t10-,12+,13+/m1/s1. The maximum Gasteiger partial charge on any atom is 0.270 e. The Labute approximate surface area is 143 Å². The molecule has 2 amide bonds. The first-order valence-electron chi connectivity index (χ1n) is 8.11. The minimum Gasteiger partial charge on any atom is -0.348 e. The van der Waals surface area contributed by atoms with Gasteiger partial charge >= 0.3 is 0 Å². The fraction of sp³-hybridized carbons (Fsp3) is 0.500. The van der Waals surface area contributed by atoms with Crippen molar-refractivity contribution >= 4 is 23.2 Å². The topological polar surface area (TPSA) is 80.1 Å². The van der Waals surface area contributed by atoms with Crippen LogP contribution in [0.4, 0.5) is 0 Å². The number of hydrogen-bond donors (Lipinski definition) is 1. The van der Waals surface area contributed by atoms with E-state index < -0.39 is 0 Å². The van der Waals surface area contributed by atoms with Crippen molar-refractivity contribution in [1.82, 2.24) is 25.0 Å². The number of carbonyl (C=O) groups excluding carboxylic acids is 2. The maximum absolute atomic E-state index is 12.6. The molecule has 0 radical (unpaired) electrons. The van der Waals surface area contributed by atoms with Gasteiger partial charge in [0.15, 0.2) is 0 Å². The zero-order valence-electron chi connectivity index (χ0n) is 13.4. The first-order valence-corrected chi connectivity index (χ1v) is 9.05. The minimum absolute atomic E-state index is 0.0515. The highest BCUT2D eigenvalue weighted by Gasteiger charge is 2.43. The normalized spacial score (nSPS) is 25.2. The van der Waals surface area contributed by atoms with E-state index in [0.717, 1.165) is 12.1 Å². The second kappa shape index (κ2) is 6.01. The van der Waals surface area contributed by atoms with Crippen LogP contribution >= 0.6 is 11.3 Å². The Balaban J connectivity index is 1.45. The summed E-state index contributed by atoms with van der Waals surface area (Å²) in [6.07, 6.45) is 2.73. The predicted octanol–water partition coefficient (Wildman–Crippen LogP) is 1.31. The second-order valence-corrected chi connectivity index (χ2v) is 7.26. The van der Waals surface area contributed by atoms with Crippen molar-refractivity contribution in [1.29, 1.82) is 0 Å². The van der Waals surface area contributed by atoms with Crippen LogP contribution < -0.4 is 5.32 Å². The van der Waals surface area contributed by atoms with Crippen molar-refractivity contribution in [2.24, 2.45) is 11.8 Å². The molecule has 1 N–H and O–H groups in total. The molecule has 2 aromatic heterocycles. The Hall–Kier alpha value is -2.22. The zero-order chi connectivity index (χ0) is 16.7. The van der Waals surface area contributed by atoms with Crippen molar-refractivity contribution in [3.8, 4) is 0 Å². The Bertz CT molecular complexity index is 756. The molecular weight excluding hydrogens is 326 g/mol. The van der Waals surface area contributed by atoms with Crippen LogP contribution in [0, 0.1) is 11.8 Å². The van der Waals surface area contributed by atoms with Gasteiger partial charge in [-0.2, -0.15) is 5.10 Å². The number of carbonyl (C=O) groups is 2. The lowest BCUT2D eigenvalue weighted by molar-refractivity contribution is -0.135. The summed E-state index contributed by atoms with van der Waals surface area (Å²) in [5, 5.41) is 8.99. The fourth-order valence-electron chi connectivity index (χ4n) is 3.23. The fourth-order valence-corrected chi connectivity index (χ4v) is 3.76. The number of rotatable bonds is 4. The third-order valence-electron chi connectivity index (χ3n) is 4.78. The number of fused-ring (bicyclic) bond motifs is 1. The molecule has 24 heavy (non-hydrogen) atoms. The number of nitrogens with zero attached hydrogens (tertiary/aromatic N) is 4. The molecule has 1 saturated carbocycles. The van der Waals surface area contributed by atoms with Crippen LogP contribution in [-0.2, 0) is 11.3 Å². The molecule has 0 bridgehead atoms. The lowest BCUT2D eigenvalue weighted by atomic mass is 10.1. The van der Waals surface area contributed by atoms with Crippen LogP contribution in [-0.4, -0.2) is 44.6 Å². The van der Waals surface area contributed by atoms with Crippen LogP contribution in [0.25, 0.3) is 0 Å². The van der Waals surface area contributed by atoms with Crippen molar-refractivity contribution in [3.63, 3.8) is 0 Å². The SMILES string of the molecule is C[C@@H]1C[C@@H]1C(=O)N1Cc2ccnn2[C@@H](CNC(=O)c2cscn2)C1. The van der Waals surface area contributed by atoms with E-state index in [-0.39, 0.29) is 23.8 Å². The molecule has 0 spiro atoms. The van der Waals surface area contributed by atoms with Crippen molar-refractivity contribution in [2.45, 2.75) is 25.9 Å². The van der Waals surface area contributed by atoms with Crippen LogP contribution in [0.1, 0.15) is 35.6 Å². The van der Waals surface area contributed by atoms with E-state index in [1.165, 1.54) is 11.3 Å². The Morgan fingerprint density at radius 3 is 3.00 bits per heavy atom. The summed E-state index contributed by atoms with van der Waals surface area (Å²) in [7, 11) is 0. The van der Waals surface area contributed by atoms with E-state index >= 15 is 0 Å². The number of aromatic nitrogens is 3. The lowest BCUT2D eigenvalue weighted by Crippen LogP contribution is -2.45. The lowest BCUT2D eigenvalue weighted by Gasteiger charge is -2.34. The molecule has 1 aliphatic carbocycles. The number of thiazole rings is 1. The molecule has 7 nitrogen and oxygen atoms in total. The monoisotopic (exact) mass is 345 g/mol. The van der Waals surface area contributed by atoms with Crippen molar-refractivity contribution < 1.29 is 9.59 Å². The summed E-state index contributed by atoms with van der Waals surface area (Å²) in [5.74, 6) is 0.701. The summed E-state index contributed by atoms with van der Waals surface area (Å²) >= 11 is 1.39. The summed E-state index contributed by atoms with van der Waals surface area (Å²) < 4.78 is 1.92. The van der Waals surface area contributed by atoms with E-state index in [4.69, 9.17) is 0 Å². The Morgan fingerprint density at radius 1 is 1.46 bits per heavy atom. The average molecular weight is 345 g/mol. The van der Waals surface area contributed by atoms with E-state index in [1.807, 2.05) is 15.6 Å². The summed E-state index contributed by atoms with van der Waals surface area (Å²) in [6.45, 7) is 3.71. The van der Waals surface area contributed by atoms with Crippen LogP contribution in [0.2, 0.25) is 0 Å². The largest absolute Gasteiger partial charge is 0.348 e. The summed E-state index contributed by atoms with van der Waals surface area (Å²) in [4.78, 5) is 30.6. The molecular formula is C16H19N5O2S. The molecule has 0 aromatic carbocycles. The van der Waals surface area contributed by atoms with Gasteiger partial charge in [-0.15, -0.1) is 11.3 Å². The predicted molar refractivity (Wildman–Crippen MR) is 88.4 cm³/mol. The molecule has 126 valence electrons. The van der Waals surface area contributed by atoms with Gasteiger partial charge in [0.05, 0.1) is 23.8 Å². The quantitative estimate of drug-likeness (QED) is 0.906. The van der Waals surface area contributed by atoms with Gasteiger partial charge in [-0.25, -0.2) is 4.98 Å². The first-order chi connectivity index (χ1) is 11.6. The molecule has 4 rings (SSSR count). The molecule has 2 aromatic rings. The third kappa shape index (κ3) is 2.82. The maximum atomic E-state index is 12.6. The van der Waals surface area contributed by atoms with E-state index in [9.17, 15) is 9.59 Å². The van der Waals surface area contributed by atoms with Crippen LogP contribution in [0.15, 0.2) is 23.2 Å². The minimum atomic E-state index is -0.191. The molecule has 3 heterocycles. The number of hydrogen-bond acceptors (Lipinski definition) is 5. The van der Waals surface area contributed by atoms with Gasteiger partial charge < -0.3 is 10.2 Å². The van der Waals surface area contributed by atoms with Gasteiger partial charge in [0.1, 0.15) is 5.69 Å². The van der Waals surface area contributed by atoms with Crippen LogP contribution in [0.5, 0.6) is 0 Å². The molecule has 0 saturated heterocycles. The molecule has 1 aliphatic heterocycles. The highest BCUT2D eigenvalue weighted by molar-refractivity contribution is 7.07. The average Bonchev–Trinajstić information content (AvgIpc) is 3.03. The smallest absolute Gasteiger partial charge is 0.270 e. The van der Waals surface area contributed by atoms with Gasteiger partial charge in [-0.1, -0.05) is 6.92 Å². The zero-order valence-corrected chi connectivity index (χ0v) is 14.2. The van der Waals surface area contributed by atoms with Gasteiger partial charge in [0, 0.05) is 30.6 Å². The third-order valence-corrected chi connectivity index (χ3v) is 5.37. The second-order valence-electron chi connectivity index (χ2n) is 6.54. The van der Waals surface area contributed by atoms with Gasteiger partial charge in [0.2, 0.25) is 5.91 Å². The summed E-state index contributed by atoms with van der Waals surface area (Å²) in [6, 6.07) is 1.88. The molecule has 2 aliphatic rings. The molecule has 8 heteroatoms. The highest BCUT2D eigenvalue weighted by Crippen LogP contribution is 2.40. The van der Waals surface area contributed by atoms with Gasteiger partial charge in [0.25, 0.3) is 5.91 Å². The molecule has 0 unspecified atom stereocenters. The Morgan fingerprint density at radius 2 is 2.29 bits per heavy atom. The first kappa shape index (κ1) is 15.3. The van der Waals surface area contributed by atoms with E-state index in [0.29, 0.717) is 31.2 Å². The number of amides is 2. The van der Waals surface area contributed by atoms with Crippen molar-refractivity contribution in [3.05, 3.63) is 34.5 Å². The van der Waals surface area contributed by atoms with Crippen LogP contribution in [0.3, 0.4) is 0 Å². The van der Waals surface area contributed by atoms with E-state index in [2.05, 4.69) is 22.3 Å². The number of nitrogens with one attached hydrogen (secondary N) is 1. The van der Waals surface area contributed by atoms with Gasteiger partial charge in [-0.3, -0.25) is 14.3 Å².